The number of amides is 1. The van der Waals surface area contributed by atoms with Crippen LogP contribution in [0.3, 0.4) is 0 Å². The van der Waals surface area contributed by atoms with Crippen molar-refractivity contribution in [1.29, 1.82) is 0 Å². The predicted octanol–water partition coefficient (Wildman–Crippen LogP) is 2.11. The zero-order valence-electron chi connectivity index (χ0n) is 11.8. The molecule has 1 amide bonds. The minimum Gasteiger partial charge on any atom is -0.379 e. The van der Waals surface area contributed by atoms with E-state index in [1.165, 1.54) is 35.9 Å². The summed E-state index contributed by atoms with van der Waals surface area (Å²) in [6.07, 6.45) is 2.44. The highest BCUT2D eigenvalue weighted by Crippen LogP contribution is 2.28. The van der Waals surface area contributed by atoms with Crippen LogP contribution in [-0.4, -0.2) is 46.0 Å². The monoisotopic (exact) mass is 331 g/mol. The summed E-state index contributed by atoms with van der Waals surface area (Å²) >= 11 is 0. The molecule has 0 atom stereocenters. The third-order valence-electron chi connectivity index (χ3n) is 3.35. The second-order valence-corrected chi connectivity index (χ2v) is 7.71. The van der Waals surface area contributed by atoms with Gasteiger partial charge in [0.1, 0.15) is 0 Å². The molecule has 21 heavy (non-hydrogen) atoms. The van der Waals surface area contributed by atoms with E-state index in [1.54, 1.807) is 13.1 Å². The van der Waals surface area contributed by atoms with Crippen molar-refractivity contribution in [1.82, 2.24) is 4.90 Å². The van der Waals surface area contributed by atoms with Crippen molar-refractivity contribution in [2.24, 2.45) is 5.92 Å². The standard InChI is InChI=1S/C14H18ClNO4S/c1-16(8-9-20-10-11-6-7-11)14(17)12-4-2-3-5-13(12)21(15,18)19/h2-5,11H,6-10H2,1H3. The largest absolute Gasteiger partial charge is 0.379 e. The first-order valence-electron chi connectivity index (χ1n) is 6.76. The Morgan fingerprint density at radius 3 is 2.67 bits per heavy atom. The van der Waals surface area contributed by atoms with E-state index in [9.17, 15) is 13.2 Å². The molecule has 1 aromatic carbocycles. The van der Waals surface area contributed by atoms with E-state index >= 15 is 0 Å². The molecule has 7 heteroatoms. The van der Waals surface area contributed by atoms with Crippen LogP contribution in [0.5, 0.6) is 0 Å². The summed E-state index contributed by atoms with van der Waals surface area (Å²) in [5.41, 5.74) is 0.0807. The number of benzene rings is 1. The lowest BCUT2D eigenvalue weighted by Crippen LogP contribution is -2.31. The van der Waals surface area contributed by atoms with E-state index in [4.69, 9.17) is 15.4 Å². The van der Waals surface area contributed by atoms with Gasteiger partial charge >= 0.3 is 0 Å². The first-order valence-corrected chi connectivity index (χ1v) is 9.07. The summed E-state index contributed by atoms with van der Waals surface area (Å²) in [6.45, 7) is 1.57. The second-order valence-electron chi connectivity index (χ2n) is 5.18. The van der Waals surface area contributed by atoms with E-state index in [0.717, 1.165) is 6.61 Å². The SMILES string of the molecule is CN(CCOCC1CC1)C(=O)c1ccccc1S(=O)(=O)Cl. The van der Waals surface area contributed by atoms with Gasteiger partial charge in [-0.3, -0.25) is 4.79 Å². The first-order chi connectivity index (χ1) is 9.89. The summed E-state index contributed by atoms with van der Waals surface area (Å²) in [5, 5.41) is 0. The Balaban J connectivity index is 1.98. The minimum atomic E-state index is -3.95. The maximum Gasteiger partial charge on any atom is 0.262 e. The molecular weight excluding hydrogens is 314 g/mol. The molecule has 1 fully saturated rings. The molecule has 0 radical (unpaired) electrons. The van der Waals surface area contributed by atoms with Crippen molar-refractivity contribution >= 4 is 25.6 Å². The van der Waals surface area contributed by atoms with Crippen LogP contribution in [0.15, 0.2) is 29.2 Å². The van der Waals surface area contributed by atoms with Crippen molar-refractivity contribution < 1.29 is 17.9 Å². The second kappa shape index (κ2) is 6.77. The number of likely N-dealkylation sites (N-methyl/N-ethyl adjacent to an activating group) is 1. The summed E-state index contributed by atoms with van der Waals surface area (Å²) in [7, 11) is 3.02. The topological polar surface area (TPSA) is 63.7 Å². The van der Waals surface area contributed by atoms with Gasteiger partial charge in [-0.1, -0.05) is 12.1 Å². The molecule has 0 aliphatic heterocycles. The Hall–Kier alpha value is -1.11. The Morgan fingerprint density at radius 2 is 2.05 bits per heavy atom. The van der Waals surface area contributed by atoms with Crippen molar-refractivity contribution in [2.75, 3.05) is 26.8 Å². The van der Waals surface area contributed by atoms with Crippen LogP contribution in [0.4, 0.5) is 0 Å². The van der Waals surface area contributed by atoms with Gasteiger partial charge in [0, 0.05) is 30.9 Å². The third kappa shape index (κ3) is 4.69. The van der Waals surface area contributed by atoms with Crippen LogP contribution >= 0.6 is 10.7 Å². The number of carbonyl (C=O) groups is 1. The molecule has 116 valence electrons. The molecule has 0 heterocycles. The van der Waals surface area contributed by atoms with Crippen molar-refractivity contribution in [3.05, 3.63) is 29.8 Å². The van der Waals surface area contributed by atoms with Gasteiger partial charge in [-0.05, 0) is 30.9 Å². The number of halogens is 1. The fraction of sp³-hybridized carbons (Fsp3) is 0.500. The molecule has 1 aliphatic rings. The Kier molecular flexibility index (Phi) is 5.24. The normalized spacial score (nSPS) is 15.0. The van der Waals surface area contributed by atoms with Crippen LogP contribution < -0.4 is 0 Å². The highest BCUT2D eigenvalue weighted by molar-refractivity contribution is 8.13. The van der Waals surface area contributed by atoms with E-state index in [0.29, 0.717) is 19.1 Å². The maximum absolute atomic E-state index is 12.3. The summed E-state index contributed by atoms with van der Waals surface area (Å²) in [5.74, 6) is 0.290. The molecule has 0 unspecified atom stereocenters. The number of carbonyl (C=O) groups excluding carboxylic acids is 1. The lowest BCUT2D eigenvalue weighted by Gasteiger charge is -2.18. The Morgan fingerprint density at radius 1 is 1.38 bits per heavy atom. The average molecular weight is 332 g/mol. The number of hydrogen-bond donors (Lipinski definition) is 0. The number of hydrogen-bond acceptors (Lipinski definition) is 4. The van der Waals surface area contributed by atoms with Gasteiger partial charge in [0.25, 0.3) is 15.0 Å². The van der Waals surface area contributed by atoms with Crippen molar-refractivity contribution in [3.63, 3.8) is 0 Å². The minimum absolute atomic E-state index is 0.0807. The quantitative estimate of drug-likeness (QED) is 0.567. The molecule has 2 rings (SSSR count). The number of rotatable bonds is 7. The average Bonchev–Trinajstić information content (AvgIpc) is 3.26. The van der Waals surface area contributed by atoms with Gasteiger partial charge < -0.3 is 9.64 Å². The molecule has 0 N–H and O–H groups in total. The van der Waals surface area contributed by atoms with Gasteiger partial charge in [0.05, 0.1) is 17.1 Å². The van der Waals surface area contributed by atoms with Crippen LogP contribution in [0, 0.1) is 5.92 Å². The van der Waals surface area contributed by atoms with Crippen molar-refractivity contribution in [2.45, 2.75) is 17.7 Å². The molecule has 1 aliphatic carbocycles. The Bertz CT molecular complexity index is 613. The third-order valence-corrected chi connectivity index (χ3v) is 4.73. The molecule has 5 nitrogen and oxygen atoms in total. The van der Waals surface area contributed by atoms with Gasteiger partial charge in [-0.2, -0.15) is 0 Å². The van der Waals surface area contributed by atoms with Gasteiger partial charge in [0.2, 0.25) is 0 Å². The van der Waals surface area contributed by atoms with E-state index in [2.05, 4.69) is 0 Å². The zero-order valence-corrected chi connectivity index (χ0v) is 13.4. The molecule has 0 bridgehead atoms. The highest BCUT2D eigenvalue weighted by Gasteiger charge is 2.23. The zero-order chi connectivity index (χ0) is 15.5. The molecule has 0 spiro atoms. The van der Waals surface area contributed by atoms with E-state index in [-0.39, 0.29) is 16.4 Å². The summed E-state index contributed by atoms with van der Waals surface area (Å²) in [4.78, 5) is 13.6. The molecular formula is C14H18ClNO4S. The van der Waals surface area contributed by atoms with Crippen LogP contribution in [0.25, 0.3) is 0 Å². The molecule has 0 aromatic heterocycles. The highest BCUT2D eigenvalue weighted by atomic mass is 35.7. The van der Waals surface area contributed by atoms with Crippen LogP contribution in [-0.2, 0) is 13.8 Å². The lowest BCUT2D eigenvalue weighted by atomic mass is 10.2. The van der Waals surface area contributed by atoms with Gasteiger partial charge in [-0.25, -0.2) is 8.42 Å². The first kappa shape index (κ1) is 16.3. The van der Waals surface area contributed by atoms with Gasteiger partial charge in [-0.15, -0.1) is 0 Å². The summed E-state index contributed by atoms with van der Waals surface area (Å²) in [6, 6.07) is 5.92. The van der Waals surface area contributed by atoms with E-state index < -0.39 is 9.05 Å². The van der Waals surface area contributed by atoms with Crippen LogP contribution in [0.2, 0.25) is 0 Å². The van der Waals surface area contributed by atoms with E-state index in [1.807, 2.05) is 0 Å². The predicted molar refractivity (Wildman–Crippen MR) is 80.0 cm³/mol. The number of nitrogens with zero attached hydrogens (tertiary/aromatic N) is 1. The fourth-order valence-electron chi connectivity index (χ4n) is 1.90. The maximum atomic E-state index is 12.3. The number of ether oxygens (including phenoxy) is 1. The summed E-state index contributed by atoms with van der Waals surface area (Å²) < 4.78 is 28.5. The smallest absolute Gasteiger partial charge is 0.262 e. The van der Waals surface area contributed by atoms with Crippen molar-refractivity contribution in [3.8, 4) is 0 Å². The Labute approximate surface area is 129 Å². The molecule has 1 saturated carbocycles. The molecule has 0 saturated heterocycles. The lowest BCUT2D eigenvalue weighted by molar-refractivity contribution is 0.0678. The fourth-order valence-corrected chi connectivity index (χ4v) is 2.96. The van der Waals surface area contributed by atoms with Gasteiger partial charge in [0.15, 0.2) is 0 Å². The van der Waals surface area contributed by atoms with Crippen LogP contribution in [0.1, 0.15) is 23.2 Å². The molecule has 1 aromatic rings.